The zero-order valence-electron chi connectivity index (χ0n) is 11.2. The molecule has 98 valence electrons. The predicted molar refractivity (Wildman–Crippen MR) is 73.5 cm³/mol. The molecule has 1 saturated carbocycles. The molecule has 1 aromatic rings. The first-order valence-electron chi connectivity index (χ1n) is 6.32. The molecule has 0 aliphatic heterocycles. The number of methoxy groups -OCH3 is 1. The molecular formula is C15H19ClO2. The van der Waals surface area contributed by atoms with Crippen LogP contribution in [-0.4, -0.2) is 18.5 Å². The van der Waals surface area contributed by atoms with Crippen molar-refractivity contribution in [1.29, 1.82) is 0 Å². The Hall–Kier alpha value is -0.860. The highest BCUT2D eigenvalue weighted by Gasteiger charge is 2.39. The van der Waals surface area contributed by atoms with Crippen molar-refractivity contribution in [2.75, 3.05) is 7.11 Å². The highest BCUT2D eigenvalue weighted by atomic mass is 35.5. The number of ether oxygens (including phenoxy) is 1. The molecule has 0 amide bonds. The van der Waals surface area contributed by atoms with Gasteiger partial charge >= 0.3 is 0 Å². The second-order valence-corrected chi connectivity index (χ2v) is 5.66. The van der Waals surface area contributed by atoms with E-state index >= 15 is 0 Å². The summed E-state index contributed by atoms with van der Waals surface area (Å²) >= 11 is 6.05. The van der Waals surface area contributed by atoms with Gasteiger partial charge in [-0.3, -0.25) is 4.79 Å². The Morgan fingerprint density at radius 2 is 2.00 bits per heavy atom. The number of Topliss-reactive ketones (excluding diaryl/α,β-unsaturated/α-hetero) is 1. The van der Waals surface area contributed by atoms with Crippen LogP contribution in [0.2, 0.25) is 5.02 Å². The van der Waals surface area contributed by atoms with Crippen molar-refractivity contribution in [2.24, 2.45) is 0 Å². The molecule has 0 heterocycles. The highest BCUT2D eigenvalue weighted by Crippen LogP contribution is 2.39. The third kappa shape index (κ3) is 2.45. The van der Waals surface area contributed by atoms with Gasteiger partial charge in [0.1, 0.15) is 0 Å². The van der Waals surface area contributed by atoms with Crippen LogP contribution in [0.25, 0.3) is 0 Å². The largest absolute Gasteiger partial charge is 0.378 e. The number of hydrogen-bond acceptors (Lipinski definition) is 2. The zero-order chi connectivity index (χ0) is 13.3. The molecule has 0 aromatic heterocycles. The van der Waals surface area contributed by atoms with Gasteiger partial charge in [0, 0.05) is 24.1 Å². The molecule has 1 aromatic carbocycles. The lowest BCUT2D eigenvalue weighted by atomic mass is 9.75. The Balaban J connectivity index is 2.21. The van der Waals surface area contributed by atoms with E-state index in [2.05, 4.69) is 0 Å². The molecule has 0 spiro atoms. The van der Waals surface area contributed by atoms with E-state index < -0.39 is 0 Å². The van der Waals surface area contributed by atoms with Crippen molar-refractivity contribution in [3.05, 3.63) is 33.8 Å². The summed E-state index contributed by atoms with van der Waals surface area (Å²) in [5.41, 5.74) is 2.46. The van der Waals surface area contributed by atoms with Crippen LogP contribution in [0.3, 0.4) is 0 Å². The van der Waals surface area contributed by atoms with Crippen LogP contribution in [0.4, 0.5) is 0 Å². The second kappa shape index (κ2) is 5.02. The third-order valence-corrected chi connectivity index (χ3v) is 4.39. The summed E-state index contributed by atoms with van der Waals surface area (Å²) in [6.45, 7) is 3.85. The summed E-state index contributed by atoms with van der Waals surface area (Å²) in [5.74, 6) is 0.161. The fourth-order valence-electron chi connectivity index (χ4n) is 2.49. The third-order valence-electron chi connectivity index (χ3n) is 3.99. The van der Waals surface area contributed by atoms with E-state index in [1.807, 2.05) is 26.0 Å². The van der Waals surface area contributed by atoms with Gasteiger partial charge in [0.2, 0.25) is 0 Å². The van der Waals surface area contributed by atoms with Crippen LogP contribution in [0.15, 0.2) is 12.1 Å². The molecular weight excluding hydrogens is 248 g/mol. The number of halogens is 1. The van der Waals surface area contributed by atoms with Gasteiger partial charge in [0.25, 0.3) is 0 Å². The van der Waals surface area contributed by atoms with Gasteiger partial charge < -0.3 is 4.74 Å². The molecule has 0 unspecified atom stereocenters. The Labute approximate surface area is 113 Å². The van der Waals surface area contributed by atoms with E-state index in [1.165, 1.54) is 0 Å². The van der Waals surface area contributed by atoms with E-state index in [0.717, 1.165) is 36.0 Å². The van der Waals surface area contributed by atoms with Crippen molar-refractivity contribution in [2.45, 2.75) is 45.1 Å². The molecule has 0 N–H and O–H groups in total. The summed E-state index contributed by atoms with van der Waals surface area (Å²) in [7, 11) is 1.70. The van der Waals surface area contributed by atoms with E-state index in [-0.39, 0.29) is 11.4 Å². The average molecular weight is 267 g/mol. The maximum absolute atomic E-state index is 12.4. The summed E-state index contributed by atoms with van der Waals surface area (Å²) in [6.07, 6.45) is 3.60. The van der Waals surface area contributed by atoms with E-state index in [4.69, 9.17) is 16.3 Å². The summed E-state index contributed by atoms with van der Waals surface area (Å²) in [5, 5.41) is 0.717. The van der Waals surface area contributed by atoms with Crippen LogP contribution >= 0.6 is 11.6 Å². The molecule has 1 fully saturated rings. The number of aryl methyl sites for hydroxylation is 2. The zero-order valence-corrected chi connectivity index (χ0v) is 11.9. The van der Waals surface area contributed by atoms with Gasteiger partial charge in [-0.25, -0.2) is 0 Å². The SMILES string of the molecule is COC1(CC(=O)c2cc(C)c(Cl)cc2C)CCC1. The smallest absolute Gasteiger partial charge is 0.166 e. The number of ketones is 1. The first-order valence-corrected chi connectivity index (χ1v) is 6.70. The van der Waals surface area contributed by atoms with Gasteiger partial charge in [-0.2, -0.15) is 0 Å². The molecule has 2 nitrogen and oxygen atoms in total. The van der Waals surface area contributed by atoms with E-state index in [9.17, 15) is 4.79 Å². The summed E-state index contributed by atoms with van der Waals surface area (Å²) in [6, 6.07) is 3.76. The Bertz CT molecular complexity index is 470. The van der Waals surface area contributed by atoms with Crippen molar-refractivity contribution >= 4 is 17.4 Å². The van der Waals surface area contributed by atoms with Crippen molar-refractivity contribution in [3.63, 3.8) is 0 Å². The summed E-state index contributed by atoms with van der Waals surface area (Å²) < 4.78 is 5.51. The molecule has 0 atom stereocenters. The molecule has 0 saturated heterocycles. The van der Waals surface area contributed by atoms with Crippen LogP contribution in [-0.2, 0) is 4.74 Å². The van der Waals surface area contributed by atoms with Crippen molar-refractivity contribution < 1.29 is 9.53 Å². The average Bonchev–Trinajstić information content (AvgIpc) is 2.28. The first kappa shape index (κ1) is 13.6. The predicted octanol–water partition coefficient (Wildman–Crippen LogP) is 4.10. The van der Waals surface area contributed by atoms with Gasteiger partial charge in [-0.1, -0.05) is 11.6 Å². The normalized spacial score (nSPS) is 17.3. The second-order valence-electron chi connectivity index (χ2n) is 5.26. The fraction of sp³-hybridized carbons (Fsp3) is 0.533. The number of benzene rings is 1. The van der Waals surface area contributed by atoms with Crippen LogP contribution in [0.1, 0.15) is 47.2 Å². The van der Waals surface area contributed by atoms with Gasteiger partial charge in [0.15, 0.2) is 5.78 Å². The Morgan fingerprint density at radius 1 is 1.33 bits per heavy atom. The maximum Gasteiger partial charge on any atom is 0.166 e. The molecule has 2 rings (SSSR count). The summed E-state index contributed by atoms with van der Waals surface area (Å²) in [4.78, 5) is 12.4. The maximum atomic E-state index is 12.4. The minimum Gasteiger partial charge on any atom is -0.378 e. The van der Waals surface area contributed by atoms with E-state index in [1.54, 1.807) is 7.11 Å². The van der Waals surface area contributed by atoms with Crippen LogP contribution in [0, 0.1) is 13.8 Å². The first-order chi connectivity index (χ1) is 8.47. The molecule has 3 heteroatoms. The number of hydrogen-bond donors (Lipinski definition) is 0. The number of carbonyl (C=O) groups excluding carboxylic acids is 1. The monoisotopic (exact) mass is 266 g/mol. The Kier molecular flexibility index (Phi) is 3.79. The Morgan fingerprint density at radius 3 is 2.50 bits per heavy atom. The highest BCUT2D eigenvalue weighted by molar-refractivity contribution is 6.31. The number of rotatable bonds is 4. The standard InChI is InChI=1S/C15H19ClO2/c1-10-8-13(16)11(2)7-12(10)14(17)9-15(18-3)5-4-6-15/h7-8H,4-6,9H2,1-3H3. The minimum absolute atomic E-state index is 0.161. The molecule has 0 radical (unpaired) electrons. The molecule has 1 aliphatic rings. The minimum atomic E-state index is -0.211. The quantitative estimate of drug-likeness (QED) is 0.767. The van der Waals surface area contributed by atoms with Crippen LogP contribution < -0.4 is 0 Å². The van der Waals surface area contributed by atoms with Gasteiger partial charge in [0.05, 0.1) is 5.60 Å². The van der Waals surface area contributed by atoms with E-state index in [0.29, 0.717) is 11.4 Å². The van der Waals surface area contributed by atoms with Crippen LogP contribution in [0.5, 0.6) is 0 Å². The van der Waals surface area contributed by atoms with Gasteiger partial charge in [-0.05, 0) is 56.4 Å². The molecule has 1 aliphatic carbocycles. The lowest BCUT2D eigenvalue weighted by molar-refractivity contribution is -0.0704. The molecule has 0 bridgehead atoms. The van der Waals surface area contributed by atoms with Crippen molar-refractivity contribution in [1.82, 2.24) is 0 Å². The molecule has 18 heavy (non-hydrogen) atoms. The van der Waals surface area contributed by atoms with Gasteiger partial charge in [-0.15, -0.1) is 0 Å². The lowest BCUT2D eigenvalue weighted by Gasteiger charge is -2.40. The topological polar surface area (TPSA) is 26.3 Å². The fourth-order valence-corrected chi connectivity index (χ4v) is 2.71. The number of carbonyl (C=O) groups is 1. The van der Waals surface area contributed by atoms with Crippen molar-refractivity contribution in [3.8, 4) is 0 Å². The lowest BCUT2D eigenvalue weighted by Crippen LogP contribution is -2.41.